The van der Waals surface area contributed by atoms with E-state index in [1.807, 2.05) is 0 Å². The van der Waals surface area contributed by atoms with Gasteiger partial charge in [-0.2, -0.15) is 0 Å². The van der Waals surface area contributed by atoms with E-state index in [0.29, 0.717) is 13.2 Å². The number of nitrogens with one attached hydrogen (secondary N) is 1. The van der Waals surface area contributed by atoms with Crippen LogP contribution in [0, 0.1) is 0 Å². The second-order valence-electron chi connectivity index (χ2n) is 3.26. The minimum Gasteiger partial charge on any atom is -0.382 e. The van der Waals surface area contributed by atoms with Crippen LogP contribution in [0.25, 0.3) is 0 Å². The number of hydrogen-bond donors (Lipinski definition) is 2. The topological polar surface area (TPSA) is 50.7 Å². The van der Waals surface area contributed by atoms with Crippen LogP contribution in [0.2, 0.25) is 0 Å². The number of methoxy groups -OCH3 is 1. The summed E-state index contributed by atoms with van der Waals surface area (Å²) in [5.41, 5.74) is 0. The van der Waals surface area contributed by atoms with E-state index in [1.165, 1.54) is 0 Å². The average molecular weight is 205 g/mol. The molecule has 0 heterocycles. The maximum Gasteiger partial charge on any atom is 0.104 e. The third kappa shape index (κ3) is 9.92. The van der Waals surface area contributed by atoms with Crippen molar-refractivity contribution in [2.45, 2.75) is 31.9 Å². The third-order valence-corrected chi connectivity index (χ3v) is 2.03. The number of unbranched alkanes of at least 4 members (excludes halogenated alkanes) is 2. The molecule has 0 aromatic rings. The Bertz CT molecular complexity index is 112. The van der Waals surface area contributed by atoms with Crippen molar-refractivity contribution >= 4 is 0 Å². The Morgan fingerprint density at radius 1 is 1.14 bits per heavy atom. The van der Waals surface area contributed by atoms with Gasteiger partial charge in [0.15, 0.2) is 0 Å². The number of rotatable bonds is 10. The van der Waals surface area contributed by atoms with Crippen molar-refractivity contribution in [2.24, 2.45) is 0 Å². The summed E-state index contributed by atoms with van der Waals surface area (Å²) >= 11 is 0. The van der Waals surface area contributed by atoms with Crippen LogP contribution in [-0.2, 0) is 9.47 Å². The Balaban J connectivity index is 2.92. The van der Waals surface area contributed by atoms with Gasteiger partial charge < -0.3 is 14.6 Å². The quantitative estimate of drug-likeness (QED) is 0.408. The molecule has 0 saturated heterocycles. The van der Waals surface area contributed by atoms with Gasteiger partial charge in [0, 0.05) is 13.7 Å². The highest BCUT2D eigenvalue weighted by Gasteiger charge is 1.98. The Hall–Kier alpha value is -0.160. The first-order valence-electron chi connectivity index (χ1n) is 5.23. The van der Waals surface area contributed by atoms with Crippen molar-refractivity contribution < 1.29 is 14.6 Å². The Morgan fingerprint density at radius 3 is 2.57 bits per heavy atom. The summed E-state index contributed by atoms with van der Waals surface area (Å²) in [6.07, 6.45) is 3.65. The smallest absolute Gasteiger partial charge is 0.104 e. The number of aliphatic hydroxyl groups excluding tert-OH is 1. The molecule has 0 aromatic heterocycles. The lowest BCUT2D eigenvalue weighted by molar-refractivity contribution is 0.0677. The fourth-order valence-electron chi connectivity index (χ4n) is 1.11. The molecule has 1 atom stereocenters. The predicted octanol–water partition coefficient (Wildman–Crippen LogP) is 0.748. The van der Waals surface area contributed by atoms with Crippen molar-refractivity contribution in [1.82, 2.24) is 5.32 Å². The van der Waals surface area contributed by atoms with Crippen LogP contribution in [0.5, 0.6) is 0 Å². The Morgan fingerprint density at radius 2 is 1.93 bits per heavy atom. The van der Waals surface area contributed by atoms with Crippen LogP contribution in [0.1, 0.15) is 25.7 Å². The Labute approximate surface area is 86.6 Å². The zero-order valence-corrected chi connectivity index (χ0v) is 9.29. The lowest BCUT2D eigenvalue weighted by Gasteiger charge is -2.08. The third-order valence-electron chi connectivity index (χ3n) is 2.03. The molecule has 14 heavy (non-hydrogen) atoms. The molecular weight excluding hydrogens is 182 g/mol. The van der Waals surface area contributed by atoms with Crippen molar-refractivity contribution in [1.29, 1.82) is 0 Å². The van der Waals surface area contributed by atoms with Crippen LogP contribution in [0.15, 0.2) is 0 Å². The summed E-state index contributed by atoms with van der Waals surface area (Å²) in [5.74, 6) is 0. The standard InChI is InChI=1S/C10H23NO3/c1-11-10(12)6-4-3-5-7-14-9-8-13-2/h10-12H,3-9H2,1-2H3. The van der Waals surface area contributed by atoms with E-state index < -0.39 is 0 Å². The summed E-state index contributed by atoms with van der Waals surface area (Å²) in [5, 5.41) is 12.0. The van der Waals surface area contributed by atoms with Crippen LogP contribution in [0.4, 0.5) is 0 Å². The molecule has 4 nitrogen and oxygen atoms in total. The summed E-state index contributed by atoms with van der Waals surface area (Å²) < 4.78 is 10.2. The zero-order chi connectivity index (χ0) is 10.6. The first-order valence-corrected chi connectivity index (χ1v) is 5.23. The highest BCUT2D eigenvalue weighted by molar-refractivity contribution is 4.49. The highest BCUT2D eigenvalue weighted by atomic mass is 16.5. The Kier molecular flexibility index (Phi) is 10.8. The van der Waals surface area contributed by atoms with Gasteiger partial charge >= 0.3 is 0 Å². The first kappa shape index (κ1) is 13.8. The van der Waals surface area contributed by atoms with E-state index in [9.17, 15) is 5.11 Å². The largest absolute Gasteiger partial charge is 0.382 e. The zero-order valence-electron chi connectivity index (χ0n) is 9.29. The van der Waals surface area contributed by atoms with E-state index in [1.54, 1.807) is 14.2 Å². The maximum absolute atomic E-state index is 9.17. The van der Waals surface area contributed by atoms with Crippen molar-refractivity contribution in [3.63, 3.8) is 0 Å². The van der Waals surface area contributed by atoms with Gasteiger partial charge in [0.1, 0.15) is 6.23 Å². The molecule has 0 fully saturated rings. The number of ether oxygens (including phenoxy) is 2. The average Bonchev–Trinajstić information content (AvgIpc) is 2.21. The van der Waals surface area contributed by atoms with E-state index in [4.69, 9.17) is 9.47 Å². The highest BCUT2D eigenvalue weighted by Crippen LogP contribution is 2.01. The molecular formula is C10H23NO3. The molecule has 2 N–H and O–H groups in total. The molecule has 0 bridgehead atoms. The second-order valence-corrected chi connectivity index (χ2v) is 3.26. The van der Waals surface area contributed by atoms with E-state index in [2.05, 4.69) is 5.32 Å². The van der Waals surface area contributed by atoms with E-state index in [0.717, 1.165) is 32.3 Å². The van der Waals surface area contributed by atoms with Gasteiger partial charge in [-0.05, 0) is 26.3 Å². The van der Waals surface area contributed by atoms with E-state index >= 15 is 0 Å². The molecule has 1 unspecified atom stereocenters. The molecule has 0 spiro atoms. The van der Waals surface area contributed by atoms with Crippen LogP contribution >= 0.6 is 0 Å². The van der Waals surface area contributed by atoms with Crippen LogP contribution < -0.4 is 5.32 Å². The fraction of sp³-hybridized carbons (Fsp3) is 1.00. The van der Waals surface area contributed by atoms with Gasteiger partial charge in [-0.1, -0.05) is 6.42 Å². The van der Waals surface area contributed by atoms with Gasteiger partial charge in [0.05, 0.1) is 13.2 Å². The second kappa shape index (κ2) is 10.9. The molecule has 0 aliphatic rings. The van der Waals surface area contributed by atoms with Crippen molar-refractivity contribution in [2.75, 3.05) is 34.0 Å². The van der Waals surface area contributed by atoms with Gasteiger partial charge in [-0.25, -0.2) is 0 Å². The lowest BCUT2D eigenvalue weighted by atomic mass is 10.2. The summed E-state index contributed by atoms with van der Waals surface area (Å²) in [7, 11) is 3.43. The number of hydrogen-bond acceptors (Lipinski definition) is 4. The molecule has 0 rings (SSSR count). The molecule has 86 valence electrons. The van der Waals surface area contributed by atoms with Crippen molar-refractivity contribution in [3.8, 4) is 0 Å². The minimum atomic E-state index is -0.357. The molecule has 0 amide bonds. The summed E-state index contributed by atoms with van der Waals surface area (Å²) in [6, 6.07) is 0. The van der Waals surface area contributed by atoms with Gasteiger partial charge in [0.2, 0.25) is 0 Å². The minimum absolute atomic E-state index is 0.357. The van der Waals surface area contributed by atoms with Crippen LogP contribution in [0.3, 0.4) is 0 Å². The molecule has 0 aliphatic heterocycles. The summed E-state index contributed by atoms with van der Waals surface area (Å²) in [4.78, 5) is 0. The normalized spacial score (nSPS) is 13.1. The summed E-state index contributed by atoms with van der Waals surface area (Å²) in [6.45, 7) is 2.13. The molecule has 0 saturated carbocycles. The van der Waals surface area contributed by atoms with Gasteiger partial charge in [0.25, 0.3) is 0 Å². The molecule has 4 heteroatoms. The molecule has 0 radical (unpaired) electrons. The lowest BCUT2D eigenvalue weighted by Crippen LogP contribution is -2.23. The monoisotopic (exact) mass is 205 g/mol. The van der Waals surface area contributed by atoms with Crippen LogP contribution in [-0.4, -0.2) is 45.3 Å². The van der Waals surface area contributed by atoms with Crippen molar-refractivity contribution in [3.05, 3.63) is 0 Å². The molecule has 0 aliphatic carbocycles. The fourth-order valence-corrected chi connectivity index (χ4v) is 1.11. The molecule has 0 aromatic carbocycles. The van der Waals surface area contributed by atoms with E-state index in [-0.39, 0.29) is 6.23 Å². The first-order chi connectivity index (χ1) is 6.81. The number of aliphatic hydroxyl groups is 1. The maximum atomic E-state index is 9.17. The van der Waals surface area contributed by atoms with Gasteiger partial charge in [-0.3, -0.25) is 5.32 Å². The SMILES string of the molecule is CNC(O)CCCCCOCCOC. The van der Waals surface area contributed by atoms with Gasteiger partial charge in [-0.15, -0.1) is 0 Å². The predicted molar refractivity (Wildman–Crippen MR) is 56.2 cm³/mol.